The van der Waals surface area contributed by atoms with Crippen LogP contribution in [0.4, 0.5) is 5.69 Å². The van der Waals surface area contributed by atoms with Gasteiger partial charge in [0.1, 0.15) is 11.3 Å². The molecule has 0 unspecified atom stereocenters. The Kier molecular flexibility index (Phi) is 3.51. The van der Waals surface area contributed by atoms with Gasteiger partial charge in [0.05, 0.1) is 11.4 Å². The summed E-state index contributed by atoms with van der Waals surface area (Å²) in [6.07, 6.45) is 1.92. The molecule has 2 heterocycles. The van der Waals surface area contributed by atoms with E-state index < -0.39 is 0 Å². The quantitative estimate of drug-likeness (QED) is 0.765. The standard InChI is InChI=1S/C16H14BrN3O/c1-10-7-8-14-18-11(2)15(20(14)9-10)16(21)19-13-6-4-3-5-12(13)17/h3-9H,1-2H3,(H,19,21). The summed E-state index contributed by atoms with van der Waals surface area (Å²) in [5.41, 5.74) is 3.87. The van der Waals surface area contributed by atoms with Gasteiger partial charge in [0.2, 0.25) is 0 Å². The lowest BCUT2D eigenvalue weighted by Crippen LogP contribution is -2.16. The molecule has 0 fully saturated rings. The Balaban J connectivity index is 2.04. The van der Waals surface area contributed by atoms with Crippen molar-refractivity contribution in [2.24, 2.45) is 0 Å². The Labute approximate surface area is 131 Å². The summed E-state index contributed by atoms with van der Waals surface area (Å²) in [6, 6.07) is 11.4. The Morgan fingerprint density at radius 1 is 1.19 bits per heavy atom. The van der Waals surface area contributed by atoms with Crippen LogP contribution in [0.3, 0.4) is 0 Å². The monoisotopic (exact) mass is 343 g/mol. The minimum absolute atomic E-state index is 0.169. The number of imidazole rings is 1. The first-order valence-corrected chi connectivity index (χ1v) is 7.37. The molecule has 0 spiro atoms. The molecule has 21 heavy (non-hydrogen) atoms. The Morgan fingerprint density at radius 3 is 2.71 bits per heavy atom. The number of rotatable bonds is 2. The SMILES string of the molecule is Cc1ccc2nc(C)c(C(=O)Nc3ccccc3Br)n2c1. The average Bonchev–Trinajstić information content (AvgIpc) is 2.76. The number of aryl methyl sites for hydroxylation is 2. The van der Waals surface area contributed by atoms with Crippen molar-refractivity contribution in [1.82, 2.24) is 9.38 Å². The van der Waals surface area contributed by atoms with Crippen LogP contribution in [0.1, 0.15) is 21.7 Å². The van der Waals surface area contributed by atoms with Crippen LogP contribution in [0, 0.1) is 13.8 Å². The van der Waals surface area contributed by atoms with Crippen LogP contribution < -0.4 is 5.32 Å². The Bertz CT molecular complexity index is 839. The number of carbonyl (C=O) groups excluding carboxylic acids is 1. The second-order valence-electron chi connectivity index (χ2n) is 4.91. The second kappa shape index (κ2) is 5.33. The van der Waals surface area contributed by atoms with Crippen LogP contribution in [0.5, 0.6) is 0 Å². The number of hydrogen-bond acceptors (Lipinski definition) is 2. The smallest absolute Gasteiger partial charge is 0.274 e. The van der Waals surface area contributed by atoms with E-state index >= 15 is 0 Å². The summed E-state index contributed by atoms with van der Waals surface area (Å²) >= 11 is 3.43. The van der Waals surface area contributed by atoms with Crippen LogP contribution >= 0.6 is 15.9 Å². The highest BCUT2D eigenvalue weighted by atomic mass is 79.9. The number of nitrogens with one attached hydrogen (secondary N) is 1. The summed E-state index contributed by atoms with van der Waals surface area (Å²) < 4.78 is 2.68. The van der Waals surface area contributed by atoms with E-state index in [1.165, 1.54) is 0 Å². The normalized spacial score (nSPS) is 10.8. The molecule has 3 rings (SSSR count). The van der Waals surface area contributed by atoms with E-state index in [4.69, 9.17) is 0 Å². The van der Waals surface area contributed by atoms with Gasteiger partial charge in [-0.1, -0.05) is 18.2 Å². The summed E-state index contributed by atoms with van der Waals surface area (Å²) in [5, 5.41) is 2.92. The van der Waals surface area contributed by atoms with Crippen LogP contribution in [-0.2, 0) is 0 Å². The van der Waals surface area contributed by atoms with Gasteiger partial charge in [-0.3, -0.25) is 9.20 Å². The molecular formula is C16H14BrN3O. The van der Waals surface area contributed by atoms with Crippen molar-refractivity contribution in [1.29, 1.82) is 0 Å². The van der Waals surface area contributed by atoms with E-state index in [-0.39, 0.29) is 5.91 Å². The maximum atomic E-state index is 12.6. The first-order valence-electron chi connectivity index (χ1n) is 6.57. The van der Waals surface area contributed by atoms with E-state index in [1.807, 2.05) is 60.8 Å². The van der Waals surface area contributed by atoms with Gasteiger partial charge in [0.25, 0.3) is 5.91 Å². The molecule has 0 bridgehead atoms. The van der Waals surface area contributed by atoms with Crippen LogP contribution in [-0.4, -0.2) is 15.3 Å². The largest absolute Gasteiger partial charge is 0.320 e. The van der Waals surface area contributed by atoms with Crippen molar-refractivity contribution >= 4 is 33.2 Å². The predicted molar refractivity (Wildman–Crippen MR) is 86.8 cm³/mol. The average molecular weight is 344 g/mol. The first-order chi connectivity index (χ1) is 10.1. The van der Waals surface area contributed by atoms with Crippen LogP contribution in [0.25, 0.3) is 5.65 Å². The fourth-order valence-corrected chi connectivity index (χ4v) is 2.67. The van der Waals surface area contributed by atoms with Gasteiger partial charge in [0.15, 0.2) is 0 Å². The van der Waals surface area contributed by atoms with Gasteiger partial charge in [0, 0.05) is 10.7 Å². The van der Waals surface area contributed by atoms with Crippen molar-refractivity contribution in [2.45, 2.75) is 13.8 Å². The Morgan fingerprint density at radius 2 is 1.95 bits per heavy atom. The molecule has 1 N–H and O–H groups in total. The number of carbonyl (C=O) groups is 1. The second-order valence-corrected chi connectivity index (χ2v) is 5.77. The lowest BCUT2D eigenvalue weighted by Gasteiger charge is -2.08. The number of benzene rings is 1. The third kappa shape index (κ3) is 2.56. The molecule has 4 nitrogen and oxygen atoms in total. The van der Waals surface area contributed by atoms with Gasteiger partial charge in [-0.15, -0.1) is 0 Å². The number of anilines is 1. The molecule has 0 atom stereocenters. The van der Waals surface area contributed by atoms with Gasteiger partial charge >= 0.3 is 0 Å². The molecule has 0 aliphatic carbocycles. The summed E-state index contributed by atoms with van der Waals surface area (Å²) in [7, 11) is 0. The fraction of sp³-hybridized carbons (Fsp3) is 0.125. The number of hydrogen-bond donors (Lipinski definition) is 1. The summed E-state index contributed by atoms with van der Waals surface area (Å²) in [6.45, 7) is 3.83. The highest BCUT2D eigenvalue weighted by molar-refractivity contribution is 9.10. The minimum atomic E-state index is -0.169. The summed E-state index contributed by atoms with van der Waals surface area (Å²) in [4.78, 5) is 17.0. The minimum Gasteiger partial charge on any atom is -0.320 e. The number of fused-ring (bicyclic) bond motifs is 1. The van der Waals surface area contributed by atoms with E-state index in [0.29, 0.717) is 11.4 Å². The van der Waals surface area contributed by atoms with E-state index in [0.717, 1.165) is 21.4 Å². The van der Waals surface area contributed by atoms with Crippen molar-refractivity contribution in [2.75, 3.05) is 5.32 Å². The predicted octanol–water partition coefficient (Wildman–Crippen LogP) is 3.97. The number of pyridine rings is 1. The molecule has 1 aromatic carbocycles. The highest BCUT2D eigenvalue weighted by Gasteiger charge is 2.17. The van der Waals surface area contributed by atoms with Crippen LogP contribution in [0.2, 0.25) is 0 Å². The third-order valence-electron chi connectivity index (χ3n) is 3.28. The maximum Gasteiger partial charge on any atom is 0.274 e. The van der Waals surface area contributed by atoms with Gasteiger partial charge in [-0.2, -0.15) is 0 Å². The van der Waals surface area contributed by atoms with Crippen LogP contribution in [0.15, 0.2) is 47.1 Å². The molecular weight excluding hydrogens is 330 g/mol. The van der Waals surface area contributed by atoms with E-state index in [2.05, 4.69) is 26.2 Å². The molecule has 0 aliphatic rings. The molecule has 0 saturated carbocycles. The summed E-state index contributed by atoms with van der Waals surface area (Å²) in [5.74, 6) is -0.169. The lowest BCUT2D eigenvalue weighted by atomic mass is 10.2. The molecule has 0 radical (unpaired) electrons. The molecule has 2 aromatic heterocycles. The first kappa shape index (κ1) is 13.8. The van der Waals surface area contributed by atoms with Gasteiger partial charge < -0.3 is 5.32 Å². The fourth-order valence-electron chi connectivity index (χ4n) is 2.29. The topological polar surface area (TPSA) is 46.4 Å². The maximum absolute atomic E-state index is 12.6. The molecule has 0 saturated heterocycles. The van der Waals surface area contributed by atoms with Crippen molar-refractivity contribution in [3.8, 4) is 0 Å². The molecule has 3 aromatic rings. The number of para-hydroxylation sites is 1. The number of aromatic nitrogens is 2. The molecule has 5 heteroatoms. The number of halogens is 1. The van der Waals surface area contributed by atoms with Crippen molar-refractivity contribution in [3.63, 3.8) is 0 Å². The van der Waals surface area contributed by atoms with Crippen molar-refractivity contribution < 1.29 is 4.79 Å². The molecule has 1 amide bonds. The zero-order valence-corrected chi connectivity index (χ0v) is 13.3. The number of nitrogens with zero attached hydrogens (tertiary/aromatic N) is 2. The number of amides is 1. The zero-order chi connectivity index (χ0) is 15.0. The van der Waals surface area contributed by atoms with E-state index in [1.54, 1.807) is 0 Å². The van der Waals surface area contributed by atoms with Crippen molar-refractivity contribution in [3.05, 3.63) is 64.0 Å². The lowest BCUT2D eigenvalue weighted by molar-refractivity contribution is 0.102. The molecule has 106 valence electrons. The highest BCUT2D eigenvalue weighted by Crippen LogP contribution is 2.23. The van der Waals surface area contributed by atoms with Gasteiger partial charge in [-0.05, 0) is 53.5 Å². The zero-order valence-electron chi connectivity index (χ0n) is 11.7. The Hall–Kier alpha value is -2.14. The van der Waals surface area contributed by atoms with Gasteiger partial charge in [-0.25, -0.2) is 4.98 Å². The molecule has 0 aliphatic heterocycles. The van der Waals surface area contributed by atoms with E-state index in [9.17, 15) is 4.79 Å². The third-order valence-corrected chi connectivity index (χ3v) is 3.97.